The molecule has 0 aromatic carbocycles. The second-order valence-corrected chi connectivity index (χ2v) is 3.19. The highest BCUT2D eigenvalue weighted by Gasteiger charge is 2.12. The van der Waals surface area contributed by atoms with E-state index >= 15 is 0 Å². The quantitative estimate of drug-likeness (QED) is 0.630. The summed E-state index contributed by atoms with van der Waals surface area (Å²) in [4.78, 5) is 8.01. The van der Waals surface area contributed by atoms with Gasteiger partial charge in [-0.1, -0.05) is 0 Å². The molecule has 0 aliphatic heterocycles. The second-order valence-electron chi connectivity index (χ2n) is 3.19. The van der Waals surface area contributed by atoms with Gasteiger partial charge in [-0.2, -0.15) is 0 Å². The van der Waals surface area contributed by atoms with Crippen molar-refractivity contribution in [1.82, 2.24) is 14.5 Å². The topological polar surface area (TPSA) is 71.2 Å². The number of aromatic nitrogens is 3. The Hall–Kier alpha value is -1.66. The molecule has 0 bridgehead atoms. The Balaban J connectivity index is 2.46. The van der Waals surface area contributed by atoms with Gasteiger partial charge in [-0.25, -0.2) is 4.98 Å². The van der Waals surface area contributed by atoms with Crippen LogP contribution in [-0.4, -0.2) is 31.7 Å². The Morgan fingerprint density at radius 2 is 2.13 bits per heavy atom. The molecule has 15 heavy (non-hydrogen) atoms. The number of pyridine rings is 1. The van der Waals surface area contributed by atoms with Crippen molar-refractivity contribution < 1.29 is 10.0 Å². The summed E-state index contributed by atoms with van der Waals surface area (Å²) in [6.07, 6.45) is 6.53. The summed E-state index contributed by atoms with van der Waals surface area (Å²) in [7, 11) is -1.50. The van der Waals surface area contributed by atoms with Crippen LogP contribution in [0.4, 0.5) is 0 Å². The predicted molar refractivity (Wildman–Crippen MR) is 55.9 cm³/mol. The fourth-order valence-electron chi connectivity index (χ4n) is 1.37. The van der Waals surface area contributed by atoms with Crippen molar-refractivity contribution >= 4 is 12.6 Å². The van der Waals surface area contributed by atoms with Gasteiger partial charge in [0.1, 0.15) is 5.82 Å². The molecule has 5 nitrogen and oxygen atoms in total. The maximum Gasteiger partial charge on any atom is 0.490 e. The van der Waals surface area contributed by atoms with Crippen molar-refractivity contribution in [3.05, 3.63) is 36.7 Å². The normalized spacial score (nSPS) is 10.3. The highest BCUT2D eigenvalue weighted by Crippen LogP contribution is 2.06. The van der Waals surface area contributed by atoms with Crippen LogP contribution in [0.15, 0.2) is 30.9 Å². The smallest absolute Gasteiger partial charge is 0.423 e. The highest BCUT2D eigenvalue weighted by molar-refractivity contribution is 6.58. The third kappa shape index (κ3) is 1.90. The molecular weight excluding hydrogens is 193 g/mol. The number of hydrogen-bond donors (Lipinski definition) is 2. The highest BCUT2D eigenvalue weighted by atomic mass is 16.4. The molecule has 2 rings (SSSR count). The average Bonchev–Trinajstić information content (AvgIpc) is 2.64. The monoisotopic (exact) mass is 203 g/mol. The summed E-state index contributed by atoms with van der Waals surface area (Å²) in [5, 5.41) is 18.0. The van der Waals surface area contributed by atoms with E-state index in [9.17, 15) is 0 Å². The summed E-state index contributed by atoms with van der Waals surface area (Å²) < 4.78 is 1.82. The zero-order valence-corrected chi connectivity index (χ0v) is 8.20. The number of aryl methyl sites for hydroxylation is 1. The van der Waals surface area contributed by atoms with Crippen LogP contribution >= 0.6 is 0 Å². The van der Waals surface area contributed by atoms with Crippen LogP contribution in [0.2, 0.25) is 0 Å². The van der Waals surface area contributed by atoms with Gasteiger partial charge in [0.25, 0.3) is 0 Å². The van der Waals surface area contributed by atoms with Gasteiger partial charge in [0.2, 0.25) is 0 Å². The molecule has 0 radical (unpaired) electrons. The Morgan fingerprint density at radius 1 is 1.33 bits per heavy atom. The lowest BCUT2D eigenvalue weighted by atomic mass is 9.81. The largest absolute Gasteiger partial charge is 0.490 e. The number of rotatable bonds is 2. The Kier molecular flexibility index (Phi) is 2.53. The molecule has 6 heteroatoms. The standard InChI is InChI=1S/C9H10BN3O2/c1-7-12-2-3-13(7)9-4-8(10(14)15)5-11-6-9/h2-6,14-15H,1H3. The Morgan fingerprint density at radius 3 is 2.73 bits per heavy atom. The molecule has 0 unspecified atom stereocenters. The lowest BCUT2D eigenvalue weighted by molar-refractivity contribution is 0.425. The molecule has 0 spiro atoms. The third-order valence-corrected chi connectivity index (χ3v) is 2.15. The zero-order chi connectivity index (χ0) is 10.8. The van der Waals surface area contributed by atoms with Gasteiger partial charge in [-0.15, -0.1) is 0 Å². The van der Waals surface area contributed by atoms with Gasteiger partial charge in [0, 0.05) is 24.1 Å². The molecule has 0 aliphatic rings. The molecule has 76 valence electrons. The van der Waals surface area contributed by atoms with E-state index in [0.717, 1.165) is 11.5 Å². The number of hydrogen-bond acceptors (Lipinski definition) is 4. The zero-order valence-electron chi connectivity index (χ0n) is 8.20. The minimum Gasteiger partial charge on any atom is -0.423 e. The van der Waals surface area contributed by atoms with Crippen LogP contribution in [0, 0.1) is 6.92 Å². The molecule has 0 saturated heterocycles. The first-order valence-electron chi connectivity index (χ1n) is 4.50. The van der Waals surface area contributed by atoms with Crippen molar-refractivity contribution in [2.45, 2.75) is 6.92 Å². The SMILES string of the molecule is Cc1nccn1-c1cncc(B(O)O)c1. The maximum absolute atomic E-state index is 9.01. The fourth-order valence-corrected chi connectivity index (χ4v) is 1.37. The summed E-state index contributed by atoms with van der Waals surface area (Å²) >= 11 is 0. The minimum atomic E-state index is -1.50. The molecule has 0 atom stereocenters. The molecule has 0 saturated carbocycles. The molecular formula is C9H10BN3O2. The number of nitrogens with zero attached hydrogens (tertiary/aromatic N) is 3. The van der Waals surface area contributed by atoms with Crippen molar-refractivity contribution in [1.29, 1.82) is 0 Å². The van der Waals surface area contributed by atoms with E-state index in [1.807, 2.05) is 11.5 Å². The van der Waals surface area contributed by atoms with Crippen molar-refractivity contribution in [3.8, 4) is 5.69 Å². The Bertz CT molecular complexity index is 470. The van der Waals surface area contributed by atoms with Crippen LogP contribution in [0.3, 0.4) is 0 Å². The van der Waals surface area contributed by atoms with Gasteiger partial charge in [-0.3, -0.25) is 4.98 Å². The van der Waals surface area contributed by atoms with E-state index in [4.69, 9.17) is 10.0 Å². The van der Waals surface area contributed by atoms with E-state index in [2.05, 4.69) is 9.97 Å². The third-order valence-electron chi connectivity index (χ3n) is 2.15. The predicted octanol–water partition coefficient (Wildman–Crippen LogP) is -0.744. The second kappa shape index (κ2) is 3.84. The summed E-state index contributed by atoms with van der Waals surface area (Å²) in [6.45, 7) is 1.86. The lowest BCUT2D eigenvalue weighted by Crippen LogP contribution is -2.30. The molecule has 2 heterocycles. The number of imidazole rings is 1. The molecule has 2 aromatic rings. The minimum absolute atomic E-state index is 0.362. The van der Waals surface area contributed by atoms with Crippen molar-refractivity contribution in [3.63, 3.8) is 0 Å². The molecule has 2 N–H and O–H groups in total. The van der Waals surface area contributed by atoms with Crippen LogP contribution < -0.4 is 5.46 Å². The molecule has 0 amide bonds. The van der Waals surface area contributed by atoms with Crippen molar-refractivity contribution in [2.24, 2.45) is 0 Å². The summed E-state index contributed by atoms with van der Waals surface area (Å²) in [5.74, 6) is 0.821. The van der Waals surface area contributed by atoms with E-state index in [0.29, 0.717) is 5.46 Å². The first-order valence-corrected chi connectivity index (χ1v) is 4.50. The van der Waals surface area contributed by atoms with E-state index in [1.54, 1.807) is 24.7 Å². The molecule has 0 fully saturated rings. The summed E-state index contributed by atoms with van der Waals surface area (Å²) in [6, 6.07) is 1.66. The summed E-state index contributed by atoms with van der Waals surface area (Å²) in [5.41, 5.74) is 1.12. The van der Waals surface area contributed by atoms with E-state index in [1.165, 1.54) is 6.20 Å². The van der Waals surface area contributed by atoms with Crippen LogP contribution in [0.25, 0.3) is 5.69 Å². The Labute approximate surface area is 87.2 Å². The van der Waals surface area contributed by atoms with Gasteiger partial charge in [0.05, 0.1) is 11.9 Å². The first kappa shape index (κ1) is 9.88. The van der Waals surface area contributed by atoms with Crippen molar-refractivity contribution in [2.75, 3.05) is 0 Å². The van der Waals surface area contributed by atoms with Gasteiger partial charge in [-0.05, 0) is 13.0 Å². The lowest BCUT2D eigenvalue weighted by Gasteiger charge is -2.06. The van der Waals surface area contributed by atoms with E-state index < -0.39 is 7.12 Å². The fraction of sp³-hybridized carbons (Fsp3) is 0.111. The maximum atomic E-state index is 9.01. The van der Waals surface area contributed by atoms with Crippen LogP contribution in [0.5, 0.6) is 0 Å². The van der Waals surface area contributed by atoms with Crippen LogP contribution in [0.1, 0.15) is 5.82 Å². The average molecular weight is 203 g/mol. The molecule has 0 aliphatic carbocycles. The van der Waals surface area contributed by atoms with Gasteiger partial charge >= 0.3 is 7.12 Å². The van der Waals surface area contributed by atoms with Gasteiger partial charge in [0.15, 0.2) is 0 Å². The van der Waals surface area contributed by atoms with Crippen LogP contribution in [-0.2, 0) is 0 Å². The first-order chi connectivity index (χ1) is 7.18. The van der Waals surface area contributed by atoms with Gasteiger partial charge < -0.3 is 14.6 Å². The van der Waals surface area contributed by atoms with E-state index in [-0.39, 0.29) is 0 Å². The molecule has 2 aromatic heterocycles.